The van der Waals surface area contributed by atoms with Crippen molar-refractivity contribution in [3.63, 3.8) is 0 Å². The van der Waals surface area contributed by atoms with Gasteiger partial charge in [0.05, 0.1) is 28.1 Å². The van der Waals surface area contributed by atoms with Crippen molar-refractivity contribution in [2.45, 2.75) is 4.90 Å². The van der Waals surface area contributed by atoms with Gasteiger partial charge in [0.1, 0.15) is 0 Å². The van der Waals surface area contributed by atoms with Gasteiger partial charge in [-0.2, -0.15) is 0 Å². The Morgan fingerprint density at radius 3 is 2.15 bits per heavy atom. The van der Waals surface area contributed by atoms with Gasteiger partial charge in [0.15, 0.2) is 0 Å². The number of amides is 1. The quantitative estimate of drug-likeness (QED) is 0.175. The van der Waals surface area contributed by atoms with E-state index in [2.05, 4.69) is 25.6 Å². The Kier molecular flexibility index (Phi) is 9.32. The second-order valence-corrected chi connectivity index (χ2v) is 14.9. The minimum absolute atomic E-state index is 0.00699. The minimum Gasteiger partial charge on any atom is -0.354 e. The maximum atomic E-state index is 13.5. The molecule has 0 unspecified atom stereocenters. The van der Waals surface area contributed by atoms with Crippen molar-refractivity contribution in [1.29, 1.82) is 0 Å². The fraction of sp³-hybridized carbons (Fsp3) is 0.206. The Labute approximate surface area is 275 Å². The Balaban J connectivity index is 1.33. The monoisotopic (exact) mass is 672 g/mol. The number of hydrogen-bond acceptors (Lipinski definition) is 8. The third-order valence-electron chi connectivity index (χ3n) is 8.04. The number of rotatable bonds is 11. The zero-order valence-corrected chi connectivity index (χ0v) is 27.4. The fourth-order valence-electron chi connectivity index (χ4n) is 5.67. The molecule has 1 fully saturated rings. The van der Waals surface area contributed by atoms with Gasteiger partial charge in [-0.05, 0) is 60.2 Å². The largest absolute Gasteiger partial charge is 0.354 e. The Morgan fingerprint density at radius 1 is 0.830 bits per heavy atom. The zero-order valence-electron chi connectivity index (χ0n) is 25.8. The van der Waals surface area contributed by atoms with Crippen LogP contribution in [-0.4, -0.2) is 73.2 Å². The van der Waals surface area contributed by atoms with Crippen LogP contribution in [0.2, 0.25) is 0 Å². The number of carbonyl (C=O) groups excluding carboxylic acids is 1. The number of nitrogens with zero attached hydrogens (tertiary/aromatic N) is 2. The highest BCUT2D eigenvalue weighted by Crippen LogP contribution is 2.39. The molecule has 0 atom stereocenters. The predicted molar refractivity (Wildman–Crippen MR) is 187 cm³/mol. The van der Waals surface area contributed by atoms with Crippen molar-refractivity contribution in [1.82, 2.24) is 10.2 Å². The number of piperazine rings is 1. The summed E-state index contributed by atoms with van der Waals surface area (Å²) in [6.45, 7) is 4.43. The van der Waals surface area contributed by atoms with Crippen molar-refractivity contribution in [3.8, 4) is 0 Å². The van der Waals surface area contributed by atoms with Gasteiger partial charge >= 0.3 is 0 Å². The fourth-order valence-corrected chi connectivity index (χ4v) is 7.68. The second-order valence-electron chi connectivity index (χ2n) is 11.3. The van der Waals surface area contributed by atoms with Crippen LogP contribution < -0.4 is 25.0 Å². The maximum absolute atomic E-state index is 13.5. The lowest BCUT2D eigenvalue weighted by atomic mass is 10.00. The molecule has 4 aromatic rings. The first-order chi connectivity index (χ1) is 22.6. The summed E-state index contributed by atoms with van der Waals surface area (Å²) in [7, 11) is -7.49. The predicted octanol–water partition coefficient (Wildman–Crippen LogP) is 4.09. The van der Waals surface area contributed by atoms with Crippen molar-refractivity contribution in [3.05, 3.63) is 114 Å². The molecule has 0 aromatic heterocycles. The molecule has 2 aliphatic heterocycles. The summed E-state index contributed by atoms with van der Waals surface area (Å²) < 4.78 is 56.1. The lowest BCUT2D eigenvalue weighted by Gasteiger charge is -2.30. The normalized spacial score (nSPS) is 16.2. The van der Waals surface area contributed by atoms with E-state index in [1.165, 1.54) is 22.7 Å². The van der Waals surface area contributed by atoms with E-state index < -0.39 is 20.0 Å². The summed E-state index contributed by atoms with van der Waals surface area (Å²) in [5.74, 6) is -0.385. The molecule has 244 valence electrons. The Morgan fingerprint density at radius 2 is 1.49 bits per heavy atom. The second kappa shape index (κ2) is 13.6. The number of benzene rings is 4. The molecule has 6 rings (SSSR count). The van der Waals surface area contributed by atoms with E-state index in [4.69, 9.17) is 0 Å². The Bertz CT molecular complexity index is 2000. The van der Waals surface area contributed by atoms with Gasteiger partial charge in [-0.3, -0.25) is 18.7 Å². The molecule has 0 radical (unpaired) electrons. The topological polar surface area (TPSA) is 140 Å². The summed E-state index contributed by atoms with van der Waals surface area (Å²) in [6, 6.07) is 29.4. The molecule has 2 aliphatic rings. The van der Waals surface area contributed by atoms with Gasteiger partial charge < -0.3 is 16.0 Å². The molecule has 4 aromatic carbocycles. The summed E-state index contributed by atoms with van der Waals surface area (Å²) in [4.78, 5) is 15.7. The summed E-state index contributed by atoms with van der Waals surface area (Å²) in [6.07, 6.45) is 1.20. The lowest BCUT2D eigenvalue weighted by molar-refractivity contribution is -0.110. The molecule has 11 nitrogen and oxygen atoms in total. The molecule has 4 N–H and O–H groups in total. The van der Waals surface area contributed by atoms with Crippen LogP contribution >= 0.6 is 0 Å². The third kappa shape index (κ3) is 7.49. The number of carbonyl (C=O) groups is 1. The van der Waals surface area contributed by atoms with Crippen LogP contribution in [0.1, 0.15) is 11.1 Å². The summed E-state index contributed by atoms with van der Waals surface area (Å²) in [5, 5.41) is 9.53. The van der Waals surface area contributed by atoms with Gasteiger partial charge in [0.2, 0.25) is 10.0 Å². The molecule has 0 saturated carbocycles. The molecule has 0 bridgehead atoms. The molecule has 0 aliphatic carbocycles. The van der Waals surface area contributed by atoms with E-state index in [-0.39, 0.29) is 16.4 Å². The van der Waals surface area contributed by atoms with E-state index in [0.717, 1.165) is 26.2 Å². The summed E-state index contributed by atoms with van der Waals surface area (Å²) >= 11 is 0. The highest BCUT2D eigenvalue weighted by molar-refractivity contribution is 7.92. The number of anilines is 4. The number of para-hydroxylation sites is 1. The van der Waals surface area contributed by atoms with Crippen molar-refractivity contribution < 1.29 is 21.6 Å². The minimum atomic E-state index is -3.95. The van der Waals surface area contributed by atoms with E-state index >= 15 is 0 Å². The average Bonchev–Trinajstić information content (AvgIpc) is 3.39. The molecule has 13 heteroatoms. The maximum Gasteiger partial charge on any atom is 0.261 e. The van der Waals surface area contributed by atoms with Gasteiger partial charge in [0, 0.05) is 61.9 Å². The van der Waals surface area contributed by atoms with E-state index in [1.807, 2.05) is 30.3 Å². The molecule has 2 heterocycles. The highest BCUT2D eigenvalue weighted by atomic mass is 32.2. The van der Waals surface area contributed by atoms with Crippen LogP contribution in [0.3, 0.4) is 0 Å². The van der Waals surface area contributed by atoms with Crippen LogP contribution in [-0.2, 0) is 24.8 Å². The SMILES string of the molecule is CS(=O)(=O)N(CCN1CCNCC1)c1ccc(N/C(=C2\C(=O)Nc3ccc(S(=O)(=O)Nc4ccccc4)cc32)c2ccccc2)cc1. The van der Waals surface area contributed by atoms with Gasteiger partial charge in [0.25, 0.3) is 15.9 Å². The van der Waals surface area contributed by atoms with Crippen LogP contribution in [0, 0.1) is 0 Å². The van der Waals surface area contributed by atoms with Crippen molar-refractivity contribution in [2.75, 3.05) is 65.2 Å². The average molecular weight is 673 g/mol. The standard InChI is InChI=1S/C34H36N6O5S2/c1-46(42,43)40(23-22-39-20-18-35-19-21-39)28-14-12-26(13-15-28)36-33(25-8-4-2-5-9-25)32-30-24-29(16-17-31(30)37-34(32)41)47(44,45)38-27-10-6-3-7-11-27/h2-17,24,35-36,38H,18-23H2,1H3,(H,37,41)/b33-32-. The van der Waals surface area contributed by atoms with E-state index in [9.17, 15) is 21.6 Å². The van der Waals surface area contributed by atoms with E-state index in [0.29, 0.717) is 52.7 Å². The van der Waals surface area contributed by atoms with Crippen LogP contribution in [0.4, 0.5) is 22.7 Å². The Hall–Kier alpha value is -4.69. The highest BCUT2D eigenvalue weighted by Gasteiger charge is 2.30. The number of nitrogens with one attached hydrogen (secondary N) is 4. The number of fused-ring (bicyclic) bond motifs is 1. The molecule has 47 heavy (non-hydrogen) atoms. The van der Waals surface area contributed by atoms with E-state index in [1.54, 1.807) is 60.7 Å². The number of sulfonamides is 2. The van der Waals surface area contributed by atoms with Crippen LogP contribution in [0.25, 0.3) is 11.3 Å². The third-order valence-corrected chi connectivity index (χ3v) is 10.6. The first-order valence-corrected chi connectivity index (χ1v) is 18.5. The first kappa shape index (κ1) is 32.3. The molecular formula is C34H36N6O5S2. The zero-order chi connectivity index (χ0) is 33.0. The molecular weight excluding hydrogens is 637 g/mol. The van der Waals surface area contributed by atoms with Crippen molar-refractivity contribution >= 4 is 60.0 Å². The van der Waals surface area contributed by atoms with Crippen LogP contribution in [0.15, 0.2) is 108 Å². The van der Waals surface area contributed by atoms with Gasteiger partial charge in [-0.25, -0.2) is 16.8 Å². The molecule has 1 amide bonds. The lowest BCUT2D eigenvalue weighted by Crippen LogP contribution is -2.47. The molecule has 0 spiro atoms. The number of hydrogen-bond donors (Lipinski definition) is 4. The van der Waals surface area contributed by atoms with Gasteiger partial charge in [-0.1, -0.05) is 48.5 Å². The first-order valence-electron chi connectivity index (χ1n) is 15.2. The van der Waals surface area contributed by atoms with Crippen LogP contribution in [0.5, 0.6) is 0 Å². The smallest absolute Gasteiger partial charge is 0.261 e. The van der Waals surface area contributed by atoms with Gasteiger partial charge in [-0.15, -0.1) is 0 Å². The van der Waals surface area contributed by atoms with Crippen molar-refractivity contribution in [2.24, 2.45) is 0 Å². The summed E-state index contributed by atoms with van der Waals surface area (Å²) in [5.41, 5.74) is 3.95. The molecule has 1 saturated heterocycles.